The van der Waals surface area contributed by atoms with E-state index in [0.717, 1.165) is 6.42 Å². The normalized spacial score (nSPS) is 10.9. The van der Waals surface area contributed by atoms with Crippen molar-refractivity contribution in [1.82, 2.24) is 5.43 Å². The van der Waals surface area contributed by atoms with Gasteiger partial charge in [-0.1, -0.05) is 30.3 Å². The maximum Gasteiger partial charge on any atom is 0.414 e. The second-order valence-electron chi connectivity index (χ2n) is 3.37. The van der Waals surface area contributed by atoms with Crippen LogP contribution in [0.25, 0.3) is 0 Å². The van der Waals surface area contributed by atoms with Crippen molar-refractivity contribution in [2.45, 2.75) is 19.4 Å². The van der Waals surface area contributed by atoms with Crippen molar-refractivity contribution in [2.75, 3.05) is 0 Å². The molecular formula is C11H16N2O4. The molecule has 1 rings (SSSR count). The summed E-state index contributed by atoms with van der Waals surface area (Å²) in [5.74, 6) is 1.62. The predicted molar refractivity (Wildman–Crippen MR) is 62.2 cm³/mol. The summed E-state index contributed by atoms with van der Waals surface area (Å²) in [4.78, 5) is 18.2. The molecule has 0 bridgehead atoms. The first-order valence-electron chi connectivity index (χ1n) is 4.93. The van der Waals surface area contributed by atoms with Crippen LogP contribution in [-0.4, -0.2) is 28.2 Å². The summed E-state index contributed by atoms with van der Waals surface area (Å²) in [5.41, 5.74) is 4.03. The molecule has 0 fully saturated rings. The van der Waals surface area contributed by atoms with Gasteiger partial charge < -0.3 is 10.2 Å². The number of carbonyl (C=O) groups is 2. The zero-order chi connectivity index (χ0) is 13.3. The highest BCUT2D eigenvalue weighted by atomic mass is 16.4. The van der Waals surface area contributed by atoms with Crippen LogP contribution in [0.5, 0.6) is 0 Å². The van der Waals surface area contributed by atoms with Gasteiger partial charge in [0.25, 0.3) is 0 Å². The lowest BCUT2D eigenvalue weighted by atomic mass is 10.1. The van der Waals surface area contributed by atoms with Gasteiger partial charge in [0.15, 0.2) is 0 Å². The van der Waals surface area contributed by atoms with Crippen molar-refractivity contribution in [1.29, 1.82) is 0 Å². The highest BCUT2D eigenvalue weighted by Crippen LogP contribution is 2.01. The van der Waals surface area contributed by atoms with E-state index in [2.05, 4.69) is 24.5 Å². The van der Waals surface area contributed by atoms with Crippen LogP contribution < -0.4 is 11.3 Å². The van der Waals surface area contributed by atoms with Gasteiger partial charge in [0.2, 0.25) is 0 Å². The number of aliphatic carboxylic acids is 2. The minimum absolute atomic E-state index is 0.345. The fraction of sp³-hybridized carbons (Fsp3) is 0.273. The maximum absolute atomic E-state index is 9.10. The molecule has 0 aliphatic heterocycles. The number of rotatable bonds is 3. The van der Waals surface area contributed by atoms with Crippen LogP contribution in [0.3, 0.4) is 0 Å². The topological polar surface area (TPSA) is 113 Å². The molecule has 0 spiro atoms. The predicted octanol–water partition coefficient (Wildman–Crippen LogP) is 0.237. The fourth-order valence-electron chi connectivity index (χ4n) is 1.03. The number of nitrogens with one attached hydrogen (secondary N) is 1. The minimum atomic E-state index is -1.82. The van der Waals surface area contributed by atoms with E-state index in [1.54, 1.807) is 0 Å². The summed E-state index contributed by atoms with van der Waals surface area (Å²) >= 11 is 0. The zero-order valence-corrected chi connectivity index (χ0v) is 9.46. The summed E-state index contributed by atoms with van der Waals surface area (Å²) in [6.45, 7) is 2.06. The first-order valence-corrected chi connectivity index (χ1v) is 4.93. The molecule has 0 aromatic heterocycles. The molecule has 1 aromatic carbocycles. The molecule has 17 heavy (non-hydrogen) atoms. The number of benzene rings is 1. The summed E-state index contributed by atoms with van der Waals surface area (Å²) in [5, 5.41) is 14.8. The van der Waals surface area contributed by atoms with E-state index in [1.165, 1.54) is 5.56 Å². The number of nitrogens with two attached hydrogens (primary N) is 1. The zero-order valence-electron chi connectivity index (χ0n) is 9.46. The van der Waals surface area contributed by atoms with Crippen LogP contribution in [0.2, 0.25) is 0 Å². The van der Waals surface area contributed by atoms with Gasteiger partial charge in [-0.25, -0.2) is 9.59 Å². The Morgan fingerprint density at radius 1 is 1.24 bits per heavy atom. The first-order chi connectivity index (χ1) is 7.97. The Kier molecular flexibility index (Phi) is 7.32. The van der Waals surface area contributed by atoms with Gasteiger partial charge in [0.05, 0.1) is 0 Å². The van der Waals surface area contributed by atoms with Gasteiger partial charge in [0, 0.05) is 6.04 Å². The average Bonchev–Trinajstić information content (AvgIpc) is 2.31. The number of hydrogen-bond acceptors (Lipinski definition) is 4. The average molecular weight is 240 g/mol. The molecule has 0 radical (unpaired) electrons. The molecule has 0 saturated carbocycles. The third-order valence-corrected chi connectivity index (χ3v) is 1.85. The van der Waals surface area contributed by atoms with Crippen LogP contribution >= 0.6 is 0 Å². The molecule has 6 nitrogen and oxygen atoms in total. The molecule has 0 aliphatic rings. The number of carboxylic acids is 2. The smallest absolute Gasteiger partial charge is 0.414 e. The summed E-state index contributed by atoms with van der Waals surface area (Å²) in [7, 11) is 0. The molecular weight excluding hydrogens is 224 g/mol. The standard InChI is InChI=1S/C9H14N2.C2H2O4/c1-8(11-10)7-9-5-3-2-4-6-9;3-1(4)2(5)6/h2-6,8,11H,7,10H2,1H3;(H,3,4)(H,5,6). The Hall–Kier alpha value is -1.92. The Balaban J connectivity index is 0.000000366. The summed E-state index contributed by atoms with van der Waals surface area (Å²) in [6, 6.07) is 10.7. The highest BCUT2D eigenvalue weighted by Gasteiger charge is 2.04. The van der Waals surface area contributed by atoms with Crippen molar-refractivity contribution in [3.05, 3.63) is 35.9 Å². The van der Waals surface area contributed by atoms with Crippen molar-refractivity contribution in [3.8, 4) is 0 Å². The highest BCUT2D eigenvalue weighted by molar-refractivity contribution is 6.27. The van der Waals surface area contributed by atoms with Crippen molar-refractivity contribution < 1.29 is 19.8 Å². The van der Waals surface area contributed by atoms with Gasteiger partial charge in [0.1, 0.15) is 0 Å². The monoisotopic (exact) mass is 240 g/mol. The molecule has 0 aliphatic carbocycles. The van der Waals surface area contributed by atoms with E-state index in [0.29, 0.717) is 6.04 Å². The van der Waals surface area contributed by atoms with Gasteiger partial charge in [-0.3, -0.25) is 11.3 Å². The molecule has 5 N–H and O–H groups in total. The Labute approximate surface area is 99.0 Å². The van der Waals surface area contributed by atoms with Crippen molar-refractivity contribution >= 4 is 11.9 Å². The quantitative estimate of drug-likeness (QED) is 0.342. The minimum Gasteiger partial charge on any atom is -0.473 e. The molecule has 0 saturated heterocycles. The lowest BCUT2D eigenvalue weighted by Gasteiger charge is -2.08. The fourth-order valence-corrected chi connectivity index (χ4v) is 1.03. The van der Waals surface area contributed by atoms with Gasteiger partial charge in [-0.05, 0) is 18.9 Å². The number of hydrogen-bond donors (Lipinski definition) is 4. The number of carboxylic acid groups (broad SMARTS) is 2. The maximum atomic E-state index is 9.10. The molecule has 1 unspecified atom stereocenters. The molecule has 0 amide bonds. The van der Waals surface area contributed by atoms with Gasteiger partial charge in [-0.15, -0.1) is 0 Å². The molecule has 94 valence electrons. The Morgan fingerprint density at radius 3 is 2.06 bits per heavy atom. The Bertz CT molecular complexity index is 342. The second kappa shape index (κ2) is 8.26. The van der Waals surface area contributed by atoms with Crippen molar-refractivity contribution in [2.24, 2.45) is 5.84 Å². The number of hydrazine groups is 1. The lowest BCUT2D eigenvalue weighted by Crippen LogP contribution is -2.33. The summed E-state index contributed by atoms with van der Waals surface area (Å²) in [6.07, 6.45) is 0.983. The molecule has 1 aromatic rings. The molecule has 6 heteroatoms. The molecule has 0 heterocycles. The van der Waals surface area contributed by atoms with E-state index in [4.69, 9.17) is 25.6 Å². The van der Waals surface area contributed by atoms with E-state index < -0.39 is 11.9 Å². The van der Waals surface area contributed by atoms with E-state index in [-0.39, 0.29) is 0 Å². The first kappa shape index (κ1) is 15.1. The molecule has 1 atom stereocenters. The van der Waals surface area contributed by atoms with Crippen LogP contribution in [0.1, 0.15) is 12.5 Å². The van der Waals surface area contributed by atoms with Crippen LogP contribution in [0, 0.1) is 0 Å². The lowest BCUT2D eigenvalue weighted by molar-refractivity contribution is -0.159. The Morgan fingerprint density at radius 2 is 1.71 bits per heavy atom. The van der Waals surface area contributed by atoms with Crippen LogP contribution in [0.4, 0.5) is 0 Å². The largest absolute Gasteiger partial charge is 0.473 e. The van der Waals surface area contributed by atoms with Crippen LogP contribution in [-0.2, 0) is 16.0 Å². The van der Waals surface area contributed by atoms with Gasteiger partial charge in [-0.2, -0.15) is 0 Å². The second-order valence-corrected chi connectivity index (χ2v) is 3.37. The third kappa shape index (κ3) is 7.95. The van der Waals surface area contributed by atoms with Gasteiger partial charge >= 0.3 is 11.9 Å². The van der Waals surface area contributed by atoms with E-state index in [1.807, 2.05) is 18.2 Å². The van der Waals surface area contributed by atoms with E-state index >= 15 is 0 Å². The van der Waals surface area contributed by atoms with Crippen molar-refractivity contribution in [3.63, 3.8) is 0 Å². The third-order valence-electron chi connectivity index (χ3n) is 1.85. The SMILES string of the molecule is CC(Cc1ccccc1)NN.O=C(O)C(=O)O. The van der Waals surface area contributed by atoms with Crippen LogP contribution in [0.15, 0.2) is 30.3 Å². The van der Waals surface area contributed by atoms with E-state index in [9.17, 15) is 0 Å². The summed E-state index contributed by atoms with van der Waals surface area (Å²) < 4.78 is 0.